The second-order valence-corrected chi connectivity index (χ2v) is 6.25. The van der Waals surface area contributed by atoms with Crippen molar-refractivity contribution in [2.24, 2.45) is 0 Å². The molecule has 0 saturated carbocycles. The van der Waals surface area contributed by atoms with Gasteiger partial charge in [0.05, 0.1) is 4.92 Å². The maximum atomic E-state index is 10.7. The number of nitro benzene ring substituents is 1. The van der Waals surface area contributed by atoms with E-state index < -0.39 is 0 Å². The quantitative estimate of drug-likeness (QED) is 0.669. The van der Waals surface area contributed by atoms with Gasteiger partial charge in [-0.2, -0.15) is 0 Å². The number of benzene rings is 1. The molecule has 1 aromatic rings. The molecule has 21 heavy (non-hydrogen) atoms. The van der Waals surface area contributed by atoms with Gasteiger partial charge in [-0.1, -0.05) is 19.1 Å². The third-order valence-corrected chi connectivity index (χ3v) is 4.90. The highest BCUT2D eigenvalue weighted by Gasteiger charge is 2.35. The number of nitrogens with zero attached hydrogens (tertiary/aromatic N) is 2. The van der Waals surface area contributed by atoms with E-state index >= 15 is 0 Å². The lowest BCUT2D eigenvalue weighted by molar-refractivity contribution is -0.384. The molecule has 5 nitrogen and oxygen atoms in total. The minimum Gasteiger partial charge on any atom is -0.311 e. The van der Waals surface area contributed by atoms with Gasteiger partial charge in [0.25, 0.3) is 5.69 Å². The molecule has 2 atom stereocenters. The molecule has 2 aliphatic rings. The Bertz CT molecular complexity index is 491. The van der Waals surface area contributed by atoms with Crippen LogP contribution in [0.25, 0.3) is 0 Å². The van der Waals surface area contributed by atoms with E-state index in [0.29, 0.717) is 18.1 Å². The van der Waals surface area contributed by atoms with Crippen molar-refractivity contribution in [3.63, 3.8) is 0 Å². The molecule has 0 radical (unpaired) electrons. The third kappa shape index (κ3) is 3.24. The van der Waals surface area contributed by atoms with Crippen molar-refractivity contribution in [2.45, 2.75) is 57.3 Å². The topological polar surface area (TPSA) is 58.4 Å². The van der Waals surface area contributed by atoms with Crippen LogP contribution in [0.15, 0.2) is 24.3 Å². The summed E-state index contributed by atoms with van der Waals surface area (Å²) in [5.74, 6) is 0. The highest BCUT2D eigenvalue weighted by atomic mass is 16.6. The van der Waals surface area contributed by atoms with Crippen LogP contribution in [0, 0.1) is 10.1 Å². The fourth-order valence-electron chi connectivity index (χ4n) is 3.78. The Morgan fingerprint density at radius 3 is 2.38 bits per heavy atom. The first-order valence-electron chi connectivity index (χ1n) is 7.89. The number of nitro groups is 1. The molecule has 0 spiro atoms. The minimum absolute atomic E-state index is 0.168. The molecule has 3 rings (SSSR count). The Hall–Kier alpha value is -1.46. The predicted octanol–water partition coefficient (Wildman–Crippen LogP) is 2.70. The largest absolute Gasteiger partial charge is 0.311 e. The average Bonchev–Trinajstić information content (AvgIpc) is 2.83. The lowest BCUT2D eigenvalue weighted by Gasteiger charge is -2.37. The van der Waals surface area contributed by atoms with Crippen molar-refractivity contribution in [3.8, 4) is 0 Å². The molecule has 1 aromatic carbocycles. The summed E-state index contributed by atoms with van der Waals surface area (Å²) >= 11 is 0. The number of hydrogen-bond donors (Lipinski definition) is 1. The summed E-state index contributed by atoms with van der Waals surface area (Å²) in [6.45, 7) is 4.12. The Morgan fingerprint density at radius 1 is 1.24 bits per heavy atom. The number of hydrogen-bond acceptors (Lipinski definition) is 4. The van der Waals surface area contributed by atoms with E-state index in [-0.39, 0.29) is 10.6 Å². The standard InChI is InChI=1S/C16H23N3O2/c1-2-18(16-9-13-5-6-14(10-16)17-13)11-12-3-7-15(8-4-12)19(20)21/h3-4,7-8,13-14,16-17H,2,5-6,9-11H2,1H3. The molecule has 2 heterocycles. The van der Waals surface area contributed by atoms with Gasteiger partial charge in [-0.25, -0.2) is 0 Å². The summed E-state index contributed by atoms with van der Waals surface area (Å²) in [4.78, 5) is 12.9. The number of nitrogens with one attached hydrogen (secondary N) is 1. The lowest BCUT2D eigenvalue weighted by Crippen LogP contribution is -2.47. The number of non-ortho nitro benzene ring substituents is 1. The van der Waals surface area contributed by atoms with Gasteiger partial charge in [0.1, 0.15) is 0 Å². The van der Waals surface area contributed by atoms with E-state index in [9.17, 15) is 10.1 Å². The molecule has 114 valence electrons. The first kappa shape index (κ1) is 14.5. The fourth-order valence-corrected chi connectivity index (χ4v) is 3.78. The van der Waals surface area contributed by atoms with E-state index in [1.54, 1.807) is 12.1 Å². The zero-order valence-electron chi connectivity index (χ0n) is 12.5. The molecule has 2 fully saturated rings. The molecule has 2 saturated heterocycles. The van der Waals surface area contributed by atoms with E-state index in [1.807, 2.05) is 12.1 Å². The van der Waals surface area contributed by atoms with Gasteiger partial charge in [0.15, 0.2) is 0 Å². The third-order valence-electron chi connectivity index (χ3n) is 4.90. The molecular weight excluding hydrogens is 266 g/mol. The molecule has 0 aromatic heterocycles. The summed E-state index contributed by atoms with van der Waals surface area (Å²) < 4.78 is 0. The van der Waals surface area contributed by atoms with E-state index in [2.05, 4.69) is 17.1 Å². The SMILES string of the molecule is CCN(Cc1ccc([N+](=O)[O-])cc1)C1CC2CCC(C1)N2. The van der Waals surface area contributed by atoms with Crippen LogP contribution in [0.4, 0.5) is 5.69 Å². The van der Waals surface area contributed by atoms with Crippen LogP contribution in [-0.2, 0) is 6.54 Å². The van der Waals surface area contributed by atoms with Crippen LogP contribution in [0.5, 0.6) is 0 Å². The van der Waals surface area contributed by atoms with Gasteiger partial charge in [0.2, 0.25) is 0 Å². The molecule has 1 N–H and O–H groups in total. The van der Waals surface area contributed by atoms with Crippen LogP contribution in [0.3, 0.4) is 0 Å². The normalized spacial score (nSPS) is 28.0. The summed E-state index contributed by atoms with van der Waals surface area (Å²) in [6, 6.07) is 9.01. The van der Waals surface area contributed by atoms with Crippen LogP contribution in [0.1, 0.15) is 38.2 Å². The molecule has 5 heteroatoms. The highest BCUT2D eigenvalue weighted by Crippen LogP contribution is 2.30. The fraction of sp³-hybridized carbons (Fsp3) is 0.625. The summed E-state index contributed by atoms with van der Waals surface area (Å²) in [5.41, 5.74) is 1.33. The second-order valence-electron chi connectivity index (χ2n) is 6.25. The number of piperidine rings is 1. The molecule has 2 bridgehead atoms. The van der Waals surface area contributed by atoms with Crippen molar-refractivity contribution in [2.75, 3.05) is 6.54 Å². The monoisotopic (exact) mass is 289 g/mol. The van der Waals surface area contributed by atoms with Gasteiger partial charge in [-0.05, 0) is 37.8 Å². The first-order valence-corrected chi connectivity index (χ1v) is 7.89. The maximum absolute atomic E-state index is 10.7. The zero-order valence-corrected chi connectivity index (χ0v) is 12.5. The Labute approximate surface area is 125 Å². The van der Waals surface area contributed by atoms with Crippen molar-refractivity contribution in [3.05, 3.63) is 39.9 Å². The molecule has 0 aliphatic carbocycles. The summed E-state index contributed by atoms with van der Waals surface area (Å²) in [6.07, 6.45) is 5.10. The van der Waals surface area contributed by atoms with Crippen molar-refractivity contribution < 1.29 is 4.92 Å². The lowest BCUT2D eigenvalue weighted by atomic mass is 9.97. The number of rotatable bonds is 5. The van der Waals surface area contributed by atoms with E-state index in [1.165, 1.54) is 25.7 Å². The van der Waals surface area contributed by atoms with E-state index in [0.717, 1.165) is 18.7 Å². The Morgan fingerprint density at radius 2 is 1.86 bits per heavy atom. The first-order chi connectivity index (χ1) is 10.2. The summed E-state index contributed by atoms with van der Waals surface area (Å²) in [5, 5.41) is 14.4. The Kier molecular flexibility index (Phi) is 4.22. The van der Waals surface area contributed by atoms with Crippen LogP contribution >= 0.6 is 0 Å². The van der Waals surface area contributed by atoms with Gasteiger partial charge in [0, 0.05) is 36.8 Å². The number of fused-ring (bicyclic) bond motifs is 2. The predicted molar refractivity (Wildman–Crippen MR) is 82.1 cm³/mol. The average molecular weight is 289 g/mol. The van der Waals surface area contributed by atoms with Gasteiger partial charge < -0.3 is 5.32 Å². The van der Waals surface area contributed by atoms with Crippen LogP contribution in [-0.4, -0.2) is 34.5 Å². The van der Waals surface area contributed by atoms with E-state index in [4.69, 9.17) is 0 Å². The highest BCUT2D eigenvalue weighted by molar-refractivity contribution is 5.32. The van der Waals surface area contributed by atoms with Crippen molar-refractivity contribution in [1.29, 1.82) is 0 Å². The van der Waals surface area contributed by atoms with Crippen molar-refractivity contribution in [1.82, 2.24) is 10.2 Å². The van der Waals surface area contributed by atoms with Crippen molar-refractivity contribution >= 4 is 5.69 Å². The van der Waals surface area contributed by atoms with Gasteiger partial charge in [-0.3, -0.25) is 15.0 Å². The zero-order chi connectivity index (χ0) is 14.8. The van der Waals surface area contributed by atoms with Crippen LogP contribution < -0.4 is 5.32 Å². The Balaban J connectivity index is 1.65. The molecule has 2 aliphatic heterocycles. The summed E-state index contributed by atoms with van der Waals surface area (Å²) in [7, 11) is 0. The minimum atomic E-state index is -0.341. The van der Waals surface area contributed by atoms with Gasteiger partial charge in [-0.15, -0.1) is 0 Å². The van der Waals surface area contributed by atoms with Crippen LogP contribution in [0.2, 0.25) is 0 Å². The molecular formula is C16H23N3O2. The smallest absolute Gasteiger partial charge is 0.269 e. The second kappa shape index (κ2) is 6.12. The van der Waals surface area contributed by atoms with Gasteiger partial charge >= 0.3 is 0 Å². The molecule has 2 unspecified atom stereocenters. The maximum Gasteiger partial charge on any atom is 0.269 e. The molecule has 0 amide bonds.